The molecule has 0 unspecified atom stereocenters. The highest BCUT2D eigenvalue weighted by Gasteiger charge is 2.47. The van der Waals surface area contributed by atoms with E-state index in [0.717, 1.165) is 25.3 Å². The second-order valence-electron chi connectivity index (χ2n) is 6.45. The number of carbonyl (C=O) groups is 1. The second kappa shape index (κ2) is 5.26. The molecule has 0 bridgehead atoms. The van der Waals surface area contributed by atoms with E-state index < -0.39 is 0 Å². The van der Waals surface area contributed by atoms with Crippen LogP contribution in [0.15, 0.2) is 29.1 Å². The van der Waals surface area contributed by atoms with Gasteiger partial charge in [-0.1, -0.05) is 18.2 Å². The minimum absolute atomic E-state index is 0.0602. The summed E-state index contributed by atoms with van der Waals surface area (Å²) >= 11 is 0. The third-order valence-corrected chi connectivity index (χ3v) is 4.60. The molecule has 23 heavy (non-hydrogen) atoms. The van der Waals surface area contributed by atoms with E-state index >= 15 is 0 Å². The number of likely N-dealkylation sites (tertiary alicyclic amines) is 1. The van der Waals surface area contributed by atoms with E-state index in [4.69, 9.17) is 4.74 Å². The average molecular weight is 314 g/mol. The van der Waals surface area contributed by atoms with Crippen molar-refractivity contribution < 1.29 is 9.53 Å². The monoisotopic (exact) mass is 314 g/mol. The lowest BCUT2D eigenvalue weighted by Gasteiger charge is -2.51. The van der Waals surface area contributed by atoms with Gasteiger partial charge in [-0.25, -0.2) is 9.89 Å². The van der Waals surface area contributed by atoms with Crippen LogP contribution in [0.2, 0.25) is 0 Å². The number of aryl methyl sites for hydroxylation is 1. The molecule has 3 heterocycles. The molecule has 1 spiro atoms. The molecule has 2 aliphatic rings. The molecule has 0 atom stereocenters. The number of fused-ring (bicyclic) bond motifs is 1. The van der Waals surface area contributed by atoms with Gasteiger partial charge >= 0.3 is 5.69 Å². The number of nitrogens with zero attached hydrogens (tertiary/aromatic N) is 2. The van der Waals surface area contributed by atoms with Gasteiger partial charge in [0.05, 0.1) is 6.61 Å². The molecule has 1 fully saturated rings. The standard InChI is InChI=1S/C16H18N4O3/c21-14(6-5-13-17-15(22)19-18-13)20-8-16(9-20)7-11-3-1-2-4-12(11)23-10-16/h1-4H,5-10H2,(H2,17,18,19,22). The van der Waals surface area contributed by atoms with Crippen LogP contribution in [0.25, 0.3) is 0 Å². The van der Waals surface area contributed by atoms with Gasteiger partial charge in [0, 0.05) is 31.3 Å². The number of aromatic amines is 2. The zero-order chi connectivity index (χ0) is 15.9. The molecule has 4 rings (SSSR count). The molecule has 0 radical (unpaired) electrons. The first-order valence-electron chi connectivity index (χ1n) is 7.76. The summed E-state index contributed by atoms with van der Waals surface area (Å²) in [5.74, 6) is 1.58. The molecule has 1 aromatic carbocycles. The molecule has 2 N–H and O–H groups in total. The van der Waals surface area contributed by atoms with Crippen LogP contribution >= 0.6 is 0 Å². The first kappa shape index (κ1) is 14.0. The summed E-state index contributed by atoms with van der Waals surface area (Å²) in [5, 5.41) is 6.12. The van der Waals surface area contributed by atoms with Crippen LogP contribution in [-0.2, 0) is 17.6 Å². The summed E-state index contributed by atoms with van der Waals surface area (Å²) in [5.41, 5.74) is 0.943. The number of carbonyl (C=O) groups excluding carboxylic acids is 1. The first-order valence-corrected chi connectivity index (χ1v) is 7.76. The van der Waals surface area contributed by atoms with E-state index in [1.54, 1.807) is 0 Å². The summed E-state index contributed by atoms with van der Waals surface area (Å²) in [4.78, 5) is 27.6. The Bertz CT molecular complexity index is 788. The summed E-state index contributed by atoms with van der Waals surface area (Å²) in [6.07, 6.45) is 1.76. The fourth-order valence-electron chi connectivity index (χ4n) is 3.43. The van der Waals surface area contributed by atoms with E-state index in [2.05, 4.69) is 21.2 Å². The van der Waals surface area contributed by atoms with Crippen molar-refractivity contribution in [2.24, 2.45) is 5.41 Å². The van der Waals surface area contributed by atoms with E-state index in [-0.39, 0.29) is 17.0 Å². The predicted octanol–water partition coefficient (Wildman–Crippen LogP) is 0.494. The second-order valence-corrected chi connectivity index (χ2v) is 6.45. The Hall–Kier alpha value is -2.57. The smallest absolute Gasteiger partial charge is 0.340 e. The molecule has 7 nitrogen and oxygen atoms in total. The number of hydrogen-bond donors (Lipinski definition) is 2. The van der Waals surface area contributed by atoms with Gasteiger partial charge in [0.2, 0.25) is 5.91 Å². The third kappa shape index (κ3) is 2.62. The molecule has 1 aromatic heterocycles. The Morgan fingerprint density at radius 1 is 1.35 bits per heavy atom. The fraction of sp³-hybridized carbons (Fsp3) is 0.438. The third-order valence-electron chi connectivity index (χ3n) is 4.60. The van der Waals surface area contributed by atoms with Crippen molar-refractivity contribution >= 4 is 5.91 Å². The van der Waals surface area contributed by atoms with Gasteiger partial charge < -0.3 is 9.64 Å². The first-order chi connectivity index (χ1) is 11.1. The van der Waals surface area contributed by atoms with Crippen LogP contribution in [0.5, 0.6) is 5.75 Å². The van der Waals surface area contributed by atoms with Gasteiger partial charge in [-0.05, 0) is 18.1 Å². The molecule has 2 aromatic rings. The zero-order valence-corrected chi connectivity index (χ0v) is 12.7. The van der Waals surface area contributed by atoms with Crippen LogP contribution in [0.1, 0.15) is 17.8 Å². The number of aromatic nitrogens is 3. The van der Waals surface area contributed by atoms with Gasteiger partial charge in [0.25, 0.3) is 0 Å². The summed E-state index contributed by atoms with van der Waals surface area (Å²) in [6, 6.07) is 8.09. The fourth-order valence-corrected chi connectivity index (χ4v) is 3.43. The van der Waals surface area contributed by atoms with Crippen molar-refractivity contribution in [2.45, 2.75) is 19.3 Å². The highest BCUT2D eigenvalue weighted by molar-refractivity contribution is 5.77. The number of hydrogen-bond acceptors (Lipinski definition) is 4. The predicted molar refractivity (Wildman–Crippen MR) is 82.2 cm³/mol. The number of H-pyrrole nitrogens is 2. The lowest BCUT2D eigenvalue weighted by Crippen LogP contribution is -2.62. The lowest BCUT2D eigenvalue weighted by atomic mass is 9.74. The van der Waals surface area contributed by atoms with Crippen molar-refractivity contribution in [1.82, 2.24) is 20.1 Å². The number of para-hydroxylation sites is 1. The number of rotatable bonds is 3. The largest absolute Gasteiger partial charge is 0.493 e. The molecular weight excluding hydrogens is 296 g/mol. The Morgan fingerprint density at radius 3 is 2.96 bits per heavy atom. The molecule has 0 saturated carbocycles. The van der Waals surface area contributed by atoms with Crippen LogP contribution in [0.3, 0.4) is 0 Å². The van der Waals surface area contributed by atoms with Crippen molar-refractivity contribution in [2.75, 3.05) is 19.7 Å². The Morgan fingerprint density at radius 2 is 2.17 bits per heavy atom. The number of benzene rings is 1. The lowest BCUT2D eigenvalue weighted by molar-refractivity contribution is -0.146. The van der Waals surface area contributed by atoms with Gasteiger partial charge in [0.15, 0.2) is 0 Å². The summed E-state index contributed by atoms with van der Waals surface area (Å²) in [6.45, 7) is 2.13. The van der Waals surface area contributed by atoms with E-state index in [1.807, 2.05) is 23.1 Å². The van der Waals surface area contributed by atoms with E-state index in [0.29, 0.717) is 25.3 Å². The SMILES string of the molecule is O=C(CCc1n[nH]c(=O)[nH]1)N1CC2(COc3ccccc3C2)C1. The average Bonchev–Trinajstić information content (AvgIpc) is 2.95. The molecular formula is C16H18N4O3. The van der Waals surface area contributed by atoms with Gasteiger partial charge in [0.1, 0.15) is 11.6 Å². The van der Waals surface area contributed by atoms with Crippen molar-refractivity contribution in [3.05, 3.63) is 46.1 Å². The topological polar surface area (TPSA) is 91.1 Å². The van der Waals surface area contributed by atoms with Gasteiger partial charge in [-0.2, -0.15) is 5.10 Å². The van der Waals surface area contributed by atoms with Crippen LogP contribution in [0.4, 0.5) is 0 Å². The number of ether oxygens (including phenoxy) is 1. The Balaban J connectivity index is 1.33. The van der Waals surface area contributed by atoms with Crippen LogP contribution in [-0.4, -0.2) is 45.7 Å². The molecule has 0 aliphatic carbocycles. The number of nitrogens with one attached hydrogen (secondary N) is 2. The summed E-state index contributed by atoms with van der Waals surface area (Å²) in [7, 11) is 0. The summed E-state index contributed by atoms with van der Waals surface area (Å²) < 4.78 is 5.85. The van der Waals surface area contributed by atoms with Crippen molar-refractivity contribution in [3.8, 4) is 5.75 Å². The number of amides is 1. The maximum Gasteiger partial charge on any atom is 0.340 e. The van der Waals surface area contributed by atoms with Crippen molar-refractivity contribution in [1.29, 1.82) is 0 Å². The minimum Gasteiger partial charge on any atom is -0.493 e. The molecule has 2 aliphatic heterocycles. The van der Waals surface area contributed by atoms with Crippen LogP contribution in [0, 0.1) is 5.41 Å². The molecule has 7 heteroatoms. The normalized spacial score (nSPS) is 18.2. The molecule has 1 amide bonds. The molecule has 1 saturated heterocycles. The van der Waals surface area contributed by atoms with E-state index in [1.165, 1.54) is 5.56 Å². The molecule has 120 valence electrons. The highest BCUT2D eigenvalue weighted by atomic mass is 16.5. The minimum atomic E-state index is -0.339. The van der Waals surface area contributed by atoms with E-state index in [9.17, 15) is 9.59 Å². The van der Waals surface area contributed by atoms with Crippen molar-refractivity contribution in [3.63, 3.8) is 0 Å². The highest BCUT2D eigenvalue weighted by Crippen LogP contribution is 2.41. The van der Waals surface area contributed by atoms with Gasteiger partial charge in [-0.15, -0.1) is 0 Å². The van der Waals surface area contributed by atoms with Crippen LogP contribution < -0.4 is 10.4 Å². The maximum absolute atomic E-state index is 12.2. The maximum atomic E-state index is 12.2. The Kier molecular flexibility index (Phi) is 3.21. The zero-order valence-electron chi connectivity index (χ0n) is 12.7. The quantitative estimate of drug-likeness (QED) is 0.863. The Labute approximate surface area is 132 Å². The van der Waals surface area contributed by atoms with Gasteiger partial charge in [-0.3, -0.25) is 9.78 Å².